The number of rotatable bonds is 10. The zero-order chi connectivity index (χ0) is 18.2. The molecule has 0 N–H and O–H groups in total. The molecule has 26 heavy (non-hydrogen) atoms. The Labute approximate surface area is 157 Å². The molecular formula is C18H23N7S. The number of benzene rings is 1. The van der Waals surface area contributed by atoms with Crippen molar-refractivity contribution < 1.29 is 0 Å². The van der Waals surface area contributed by atoms with Crippen LogP contribution in [-0.4, -0.2) is 35.0 Å². The van der Waals surface area contributed by atoms with E-state index in [4.69, 9.17) is 0 Å². The number of aryl methyl sites for hydroxylation is 1. The fourth-order valence-electron chi connectivity index (χ4n) is 2.58. The van der Waals surface area contributed by atoms with Crippen molar-refractivity contribution in [1.29, 1.82) is 0 Å². The van der Waals surface area contributed by atoms with Gasteiger partial charge in [-0.2, -0.15) is 0 Å². The van der Waals surface area contributed by atoms with E-state index < -0.39 is 0 Å². The van der Waals surface area contributed by atoms with Crippen LogP contribution in [-0.2, 0) is 25.3 Å². The summed E-state index contributed by atoms with van der Waals surface area (Å²) in [7, 11) is 0. The zero-order valence-corrected chi connectivity index (χ0v) is 15.8. The van der Waals surface area contributed by atoms with Gasteiger partial charge >= 0.3 is 0 Å². The minimum atomic E-state index is 0.664. The van der Waals surface area contributed by atoms with Crippen molar-refractivity contribution in [1.82, 2.24) is 35.0 Å². The van der Waals surface area contributed by atoms with Crippen molar-refractivity contribution in [2.24, 2.45) is 0 Å². The predicted octanol–water partition coefficient (Wildman–Crippen LogP) is 3.13. The molecule has 0 amide bonds. The van der Waals surface area contributed by atoms with E-state index in [1.54, 1.807) is 11.8 Å². The maximum atomic E-state index is 4.39. The molecule has 0 aliphatic heterocycles. The maximum absolute atomic E-state index is 4.39. The molecule has 8 heteroatoms. The quantitative estimate of drug-likeness (QED) is 0.404. The van der Waals surface area contributed by atoms with Crippen LogP contribution in [0.25, 0.3) is 0 Å². The van der Waals surface area contributed by atoms with Gasteiger partial charge in [-0.15, -0.1) is 21.9 Å². The van der Waals surface area contributed by atoms with Crippen LogP contribution in [0.2, 0.25) is 0 Å². The van der Waals surface area contributed by atoms with Gasteiger partial charge in [0, 0.05) is 19.5 Å². The lowest BCUT2D eigenvalue weighted by molar-refractivity contribution is 0.540. The molecule has 136 valence electrons. The van der Waals surface area contributed by atoms with Gasteiger partial charge in [-0.25, -0.2) is 4.68 Å². The van der Waals surface area contributed by atoms with Gasteiger partial charge in [0.15, 0.2) is 11.0 Å². The lowest BCUT2D eigenvalue weighted by Crippen LogP contribution is -2.07. The average Bonchev–Trinajstić information content (AvgIpc) is 3.27. The molecular weight excluding hydrogens is 346 g/mol. The number of tetrazole rings is 1. The summed E-state index contributed by atoms with van der Waals surface area (Å²) in [6, 6.07) is 10.3. The van der Waals surface area contributed by atoms with Crippen LogP contribution in [0.3, 0.4) is 0 Å². The Balaban J connectivity index is 1.72. The first-order valence-electron chi connectivity index (χ1n) is 8.76. The van der Waals surface area contributed by atoms with E-state index in [-0.39, 0.29) is 0 Å². The molecule has 2 aromatic heterocycles. The number of aromatic nitrogens is 7. The van der Waals surface area contributed by atoms with E-state index in [0.717, 1.165) is 42.6 Å². The summed E-state index contributed by atoms with van der Waals surface area (Å²) in [5.74, 6) is 2.46. The smallest absolute Gasteiger partial charge is 0.191 e. The van der Waals surface area contributed by atoms with E-state index in [1.807, 2.05) is 29.0 Å². The molecule has 0 aliphatic rings. The van der Waals surface area contributed by atoms with Crippen molar-refractivity contribution in [3.63, 3.8) is 0 Å². The second-order valence-corrected chi connectivity index (χ2v) is 6.86. The van der Waals surface area contributed by atoms with Gasteiger partial charge in [0.05, 0.1) is 5.75 Å². The summed E-state index contributed by atoms with van der Waals surface area (Å²) >= 11 is 1.60. The highest BCUT2D eigenvalue weighted by molar-refractivity contribution is 7.98. The molecule has 0 radical (unpaired) electrons. The monoisotopic (exact) mass is 369 g/mol. The van der Waals surface area contributed by atoms with E-state index >= 15 is 0 Å². The second-order valence-electron chi connectivity index (χ2n) is 5.92. The molecule has 0 bridgehead atoms. The average molecular weight is 369 g/mol. The number of hydrogen-bond donors (Lipinski definition) is 0. The first-order valence-corrected chi connectivity index (χ1v) is 9.75. The van der Waals surface area contributed by atoms with Crippen LogP contribution in [0.15, 0.2) is 48.1 Å². The molecule has 3 aromatic rings. The largest absolute Gasteiger partial charge is 0.302 e. The van der Waals surface area contributed by atoms with Crippen molar-refractivity contribution in [2.45, 2.75) is 50.2 Å². The van der Waals surface area contributed by atoms with Gasteiger partial charge in [0.2, 0.25) is 0 Å². The minimum absolute atomic E-state index is 0.664. The van der Waals surface area contributed by atoms with Gasteiger partial charge < -0.3 is 4.57 Å². The molecule has 0 atom stereocenters. The molecule has 7 nitrogen and oxygen atoms in total. The molecule has 0 fully saturated rings. The van der Waals surface area contributed by atoms with E-state index in [9.17, 15) is 0 Å². The molecule has 0 saturated heterocycles. The topological polar surface area (TPSA) is 74.3 Å². The highest BCUT2D eigenvalue weighted by Gasteiger charge is 2.14. The SMILES string of the molecule is C=CCn1c(Cc2ccccc2)nnc1SCc1nnnn1CCCC. The Morgan fingerprint density at radius 3 is 2.73 bits per heavy atom. The van der Waals surface area contributed by atoms with Crippen LogP contribution in [0.5, 0.6) is 0 Å². The molecule has 0 aliphatic carbocycles. The van der Waals surface area contributed by atoms with Crippen LogP contribution < -0.4 is 0 Å². The number of thioether (sulfide) groups is 1. The van der Waals surface area contributed by atoms with Gasteiger partial charge in [0.1, 0.15) is 5.82 Å². The standard InChI is InChI=1S/C18H23N7S/c1-3-5-12-25-17(20-22-23-25)14-26-18-21-19-16(24(18)11-4-2)13-15-9-7-6-8-10-15/h4,6-10H,2-3,5,11-14H2,1H3. The lowest BCUT2D eigenvalue weighted by Gasteiger charge is -2.08. The molecule has 0 spiro atoms. The highest BCUT2D eigenvalue weighted by atomic mass is 32.2. The maximum Gasteiger partial charge on any atom is 0.191 e. The Hall–Kier alpha value is -2.48. The third kappa shape index (κ3) is 4.57. The van der Waals surface area contributed by atoms with E-state index in [0.29, 0.717) is 12.3 Å². The third-order valence-electron chi connectivity index (χ3n) is 3.97. The van der Waals surface area contributed by atoms with Crippen molar-refractivity contribution >= 4 is 11.8 Å². The summed E-state index contributed by atoms with van der Waals surface area (Å²) in [4.78, 5) is 0. The number of unbranched alkanes of at least 4 members (excludes halogenated alkanes) is 1. The molecule has 0 saturated carbocycles. The van der Waals surface area contributed by atoms with Gasteiger partial charge in [0.25, 0.3) is 0 Å². The van der Waals surface area contributed by atoms with Crippen LogP contribution in [0.4, 0.5) is 0 Å². The number of hydrogen-bond acceptors (Lipinski definition) is 6. The van der Waals surface area contributed by atoms with Crippen molar-refractivity contribution in [3.05, 3.63) is 60.2 Å². The fraction of sp³-hybridized carbons (Fsp3) is 0.389. The Morgan fingerprint density at radius 2 is 1.96 bits per heavy atom. The van der Waals surface area contributed by atoms with E-state index in [1.165, 1.54) is 5.56 Å². The summed E-state index contributed by atoms with van der Waals surface area (Å²) in [6.45, 7) is 7.54. The number of allylic oxidation sites excluding steroid dienone is 1. The summed E-state index contributed by atoms with van der Waals surface area (Å²) < 4.78 is 3.97. The summed E-state index contributed by atoms with van der Waals surface area (Å²) in [6.07, 6.45) is 4.79. The van der Waals surface area contributed by atoms with Gasteiger partial charge in [-0.1, -0.05) is 61.5 Å². The normalized spacial score (nSPS) is 11.0. The highest BCUT2D eigenvalue weighted by Crippen LogP contribution is 2.22. The lowest BCUT2D eigenvalue weighted by atomic mass is 10.1. The number of nitrogens with zero attached hydrogens (tertiary/aromatic N) is 7. The summed E-state index contributed by atoms with van der Waals surface area (Å²) in [5, 5.41) is 21.6. The second kappa shape index (κ2) is 9.28. The van der Waals surface area contributed by atoms with Crippen molar-refractivity contribution in [2.75, 3.05) is 0 Å². The van der Waals surface area contributed by atoms with Gasteiger partial charge in [-0.05, 0) is 22.4 Å². The Bertz CT molecular complexity index is 825. The Morgan fingerprint density at radius 1 is 1.12 bits per heavy atom. The molecule has 1 aromatic carbocycles. The van der Waals surface area contributed by atoms with E-state index in [2.05, 4.69) is 55.9 Å². The zero-order valence-electron chi connectivity index (χ0n) is 15.0. The fourth-order valence-corrected chi connectivity index (χ4v) is 3.48. The first-order chi connectivity index (χ1) is 12.8. The molecule has 2 heterocycles. The van der Waals surface area contributed by atoms with Crippen molar-refractivity contribution in [3.8, 4) is 0 Å². The van der Waals surface area contributed by atoms with Crippen LogP contribution >= 0.6 is 11.8 Å². The van der Waals surface area contributed by atoms with Crippen LogP contribution in [0.1, 0.15) is 37.0 Å². The summed E-state index contributed by atoms with van der Waals surface area (Å²) in [5.41, 5.74) is 1.21. The third-order valence-corrected chi connectivity index (χ3v) is 4.93. The van der Waals surface area contributed by atoms with Crippen LogP contribution in [0, 0.1) is 0 Å². The first kappa shape index (κ1) is 18.3. The predicted molar refractivity (Wildman–Crippen MR) is 102 cm³/mol. The minimum Gasteiger partial charge on any atom is -0.302 e. The van der Waals surface area contributed by atoms with Gasteiger partial charge in [-0.3, -0.25) is 0 Å². The Kier molecular flexibility index (Phi) is 6.54. The molecule has 0 unspecified atom stereocenters. The molecule has 3 rings (SSSR count).